The maximum absolute atomic E-state index is 5.51. The van der Waals surface area contributed by atoms with Crippen LogP contribution in [-0.4, -0.2) is 21.1 Å². The van der Waals surface area contributed by atoms with Gasteiger partial charge in [-0.2, -0.15) is 0 Å². The van der Waals surface area contributed by atoms with Gasteiger partial charge in [-0.25, -0.2) is 9.97 Å². The quantitative estimate of drug-likeness (QED) is 0.168. The first-order valence-corrected chi connectivity index (χ1v) is 21.0. The zero-order chi connectivity index (χ0) is 40.0. The van der Waals surface area contributed by atoms with Crippen LogP contribution in [0.5, 0.6) is 0 Å². The minimum Gasteiger partial charge on any atom is -0.337 e. The molecule has 0 atom stereocenters. The number of anilines is 2. The zero-order valence-electron chi connectivity index (χ0n) is 32.7. The van der Waals surface area contributed by atoms with Gasteiger partial charge in [0.1, 0.15) is 0 Å². The molecule has 1 aliphatic rings. The molecular weight excluding hydrogens is 749 g/mol. The number of benzene rings is 7. The smallest absolute Gasteiger partial charge is 0.160 e. The third-order valence-electron chi connectivity index (χ3n) is 11.4. The number of hydrogen-bond donors (Lipinski definition) is 0. The number of hydrogen-bond acceptors (Lipinski definition) is 4. The van der Waals surface area contributed by atoms with Crippen molar-refractivity contribution < 1.29 is 0 Å². The van der Waals surface area contributed by atoms with Gasteiger partial charge < -0.3 is 9.47 Å². The minimum absolute atomic E-state index is 0.656. The van der Waals surface area contributed by atoms with Crippen LogP contribution in [0.1, 0.15) is 5.56 Å². The van der Waals surface area contributed by atoms with Gasteiger partial charge in [0.2, 0.25) is 0 Å². The number of thiophene rings is 1. The third-order valence-corrected chi connectivity index (χ3v) is 12.5. The number of rotatable bonds is 6. The van der Waals surface area contributed by atoms with E-state index in [-0.39, 0.29) is 0 Å². The van der Waals surface area contributed by atoms with Gasteiger partial charge in [0.25, 0.3) is 0 Å². The van der Waals surface area contributed by atoms with Crippen LogP contribution in [0.2, 0.25) is 0 Å². The van der Waals surface area contributed by atoms with Gasteiger partial charge in [-0.15, -0.1) is 11.3 Å². The third kappa shape index (κ3) is 6.33. The van der Waals surface area contributed by atoms with E-state index in [9.17, 15) is 0 Å². The van der Waals surface area contributed by atoms with E-state index in [0.29, 0.717) is 12.4 Å². The highest BCUT2D eigenvalue weighted by molar-refractivity contribution is 7.22. The lowest BCUT2D eigenvalue weighted by Gasteiger charge is -2.27. The van der Waals surface area contributed by atoms with E-state index in [1.807, 2.05) is 0 Å². The number of aromatic nitrogens is 3. The van der Waals surface area contributed by atoms with Crippen molar-refractivity contribution in [1.29, 1.82) is 0 Å². The van der Waals surface area contributed by atoms with Crippen molar-refractivity contribution in [3.8, 4) is 50.0 Å². The van der Waals surface area contributed by atoms with Crippen LogP contribution in [0.15, 0.2) is 213 Å². The Labute approximate surface area is 353 Å². The normalized spacial score (nSPS) is 13.9. The molecular formula is C55H38N4S. The van der Waals surface area contributed by atoms with E-state index in [2.05, 4.69) is 222 Å². The topological polar surface area (TPSA) is 34.0 Å². The van der Waals surface area contributed by atoms with Gasteiger partial charge in [0, 0.05) is 55.8 Å². The maximum atomic E-state index is 5.51. The summed E-state index contributed by atoms with van der Waals surface area (Å²) in [6, 6.07) is 64.8. The average Bonchev–Trinajstić information content (AvgIpc) is 3.92. The fraction of sp³-hybridized carbons (Fsp3) is 0.0182. The summed E-state index contributed by atoms with van der Waals surface area (Å²) in [7, 11) is 0. The largest absolute Gasteiger partial charge is 0.337 e. The fourth-order valence-corrected chi connectivity index (χ4v) is 9.59. The summed E-state index contributed by atoms with van der Waals surface area (Å²) in [6.07, 6.45) is 8.47. The second kappa shape index (κ2) is 15.0. The molecule has 3 aromatic heterocycles. The molecule has 0 fully saturated rings. The van der Waals surface area contributed by atoms with Crippen molar-refractivity contribution >= 4 is 60.2 Å². The zero-order valence-corrected chi connectivity index (χ0v) is 33.6. The Hall–Kier alpha value is -7.60. The van der Waals surface area contributed by atoms with Crippen LogP contribution in [0.4, 0.5) is 11.4 Å². The summed E-state index contributed by atoms with van der Waals surface area (Å²) in [5.41, 5.74) is 13.5. The number of nitrogens with zero attached hydrogens (tertiary/aromatic N) is 4. The Morgan fingerprint density at radius 1 is 0.517 bits per heavy atom. The van der Waals surface area contributed by atoms with Crippen molar-refractivity contribution in [2.24, 2.45) is 0 Å². The predicted octanol–water partition coefficient (Wildman–Crippen LogP) is 14.7. The molecule has 4 heterocycles. The molecule has 60 heavy (non-hydrogen) atoms. The molecule has 4 nitrogen and oxygen atoms in total. The molecule has 5 heteroatoms. The molecule has 0 saturated heterocycles. The van der Waals surface area contributed by atoms with Crippen LogP contribution in [-0.2, 0) is 0 Å². The summed E-state index contributed by atoms with van der Waals surface area (Å²) in [4.78, 5) is 14.5. The van der Waals surface area contributed by atoms with Gasteiger partial charge in [-0.3, -0.25) is 0 Å². The Morgan fingerprint density at radius 2 is 1.17 bits per heavy atom. The molecule has 0 spiro atoms. The minimum atomic E-state index is 0.656. The molecule has 0 radical (unpaired) electrons. The predicted molar refractivity (Wildman–Crippen MR) is 254 cm³/mol. The molecule has 0 bridgehead atoms. The number of para-hydroxylation sites is 3. The summed E-state index contributed by atoms with van der Waals surface area (Å²) in [6.45, 7) is 5.13. The molecule has 1 aliphatic heterocycles. The van der Waals surface area contributed by atoms with E-state index >= 15 is 0 Å². The maximum Gasteiger partial charge on any atom is 0.160 e. The van der Waals surface area contributed by atoms with Crippen LogP contribution in [0, 0.1) is 0 Å². The van der Waals surface area contributed by atoms with Crippen molar-refractivity contribution in [1.82, 2.24) is 14.5 Å². The van der Waals surface area contributed by atoms with E-state index < -0.39 is 0 Å². The lowest BCUT2D eigenvalue weighted by atomic mass is 9.97. The molecule has 11 rings (SSSR count). The highest BCUT2D eigenvalue weighted by Crippen LogP contribution is 2.41. The highest BCUT2D eigenvalue weighted by Gasteiger charge is 2.21. The van der Waals surface area contributed by atoms with E-state index in [1.54, 1.807) is 11.3 Å². The standard InChI is InChI=1S/C55H38N4S/c1-37-18-4-3-17-31-58(50-27-13-10-22-43(37)50)41-32-40(33-42(35-41)59-51-28-14-11-25-46(51)47-26-12-15-29-52(47)59)55-56-48(45-24-9-8-23-44(45)38-19-5-2-6-20-38)36-49(57-55)54-34-39-21-7-16-30-53(39)60-54/h2-30,32-36H,1,31H2/b17-3-,18-4-. The first kappa shape index (κ1) is 35.6. The first-order chi connectivity index (χ1) is 29.7. The van der Waals surface area contributed by atoms with Crippen LogP contribution >= 0.6 is 11.3 Å². The second-order valence-corrected chi connectivity index (χ2v) is 16.2. The van der Waals surface area contributed by atoms with Gasteiger partial charge >= 0.3 is 0 Å². The molecule has 0 aliphatic carbocycles. The van der Waals surface area contributed by atoms with Gasteiger partial charge in [-0.1, -0.05) is 158 Å². The summed E-state index contributed by atoms with van der Waals surface area (Å²) >= 11 is 1.76. The molecule has 284 valence electrons. The molecule has 10 aromatic rings. The van der Waals surface area contributed by atoms with Crippen molar-refractivity contribution in [3.63, 3.8) is 0 Å². The molecule has 0 unspecified atom stereocenters. The lowest BCUT2D eigenvalue weighted by molar-refractivity contribution is 1.08. The summed E-state index contributed by atoms with van der Waals surface area (Å²) in [5.74, 6) is 0.658. The molecule has 7 aromatic carbocycles. The van der Waals surface area contributed by atoms with Gasteiger partial charge in [0.15, 0.2) is 5.82 Å². The molecule has 0 amide bonds. The summed E-state index contributed by atoms with van der Waals surface area (Å²) < 4.78 is 3.61. The first-order valence-electron chi connectivity index (χ1n) is 20.2. The van der Waals surface area contributed by atoms with E-state index in [1.165, 1.54) is 20.9 Å². The molecule has 0 saturated carbocycles. The average molecular weight is 787 g/mol. The Bertz CT molecular complexity index is 3240. The van der Waals surface area contributed by atoms with Crippen LogP contribution < -0.4 is 4.90 Å². The monoisotopic (exact) mass is 786 g/mol. The number of allylic oxidation sites excluding steroid dienone is 4. The van der Waals surface area contributed by atoms with Crippen LogP contribution in [0.3, 0.4) is 0 Å². The SMILES string of the molecule is C=C1/C=C\C=C/CN(c2cc(-c3nc(-c4cc5ccccc5s4)cc(-c4ccccc4-c4ccccc4)n3)cc(-n3c4ccccc4c4ccccc43)c2)c2ccccc21. The second-order valence-electron chi connectivity index (χ2n) is 15.1. The van der Waals surface area contributed by atoms with Crippen molar-refractivity contribution in [2.45, 2.75) is 0 Å². The van der Waals surface area contributed by atoms with E-state index in [4.69, 9.17) is 9.97 Å². The Kier molecular flexibility index (Phi) is 8.87. The molecule has 0 N–H and O–H groups in total. The number of fused-ring (bicyclic) bond motifs is 5. The van der Waals surface area contributed by atoms with Crippen molar-refractivity contribution in [2.75, 3.05) is 11.4 Å². The van der Waals surface area contributed by atoms with Gasteiger partial charge in [-0.05, 0) is 76.7 Å². The Balaban J connectivity index is 1.20. The highest BCUT2D eigenvalue weighted by atomic mass is 32.1. The summed E-state index contributed by atoms with van der Waals surface area (Å²) in [5, 5.41) is 3.62. The lowest BCUT2D eigenvalue weighted by Crippen LogP contribution is -2.18. The van der Waals surface area contributed by atoms with Crippen LogP contribution in [0.25, 0.3) is 87.5 Å². The van der Waals surface area contributed by atoms with Gasteiger partial charge in [0.05, 0.1) is 27.3 Å². The van der Waals surface area contributed by atoms with E-state index in [0.717, 1.165) is 77.8 Å². The Morgan fingerprint density at radius 3 is 1.97 bits per heavy atom. The van der Waals surface area contributed by atoms with Crippen molar-refractivity contribution in [3.05, 3.63) is 218 Å². The fourth-order valence-electron chi connectivity index (χ4n) is 8.56.